The highest BCUT2D eigenvalue weighted by molar-refractivity contribution is 6.09. The summed E-state index contributed by atoms with van der Waals surface area (Å²) in [5.74, 6) is -1.19. The summed E-state index contributed by atoms with van der Waals surface area (Å²) in [4.78, 5) is 35.7. The molecule has 0 bridgehead atoms. The first kappa shape index (κ1) is 21.7. The maximum atomic E-state index is 13.0. The van der Waals surface area contributed by atoms with Crippen LogP contribution >= 0.6 is 0 Å². The summed E-state index contributed by atoms with van der Waals surface area (Å²) >= 11 is 0. The van der Waals surface area contributed by atoms with Crippen molar-refractivity contribution in [1.29, 1.82) is 0 Å². The highest BCUT2D eigenvalue weighted by Crippen LogP contribution is 2.29. The van der Waals surface area contributed by atoms with Crippen molar-refractivity contribution < 1.29 is 19.2 Å². The van der Waals surface area contributed by atoms with Gasteiger partial charge < -0.3 is 10.1 Å². The Balaban J connectivity index is 1.95. The highest BCUT2D eigenvalue weighted by Gasteiger charge is 2.23. The van der Waals surface area contributed by atoms with Gasteiger partial charge in [0.15, 0.2) is 0 Å². The van der Waals surface area contributed by atoms with Crippen LogP contribution in [0.25, 0.3) is 11.1 Å². The van der Waals surface area contributed by atoms with E-state index in [1.165, 1.54) is 12.1 Å². The minimum Gasteiger partial charge on any atom is -0.462 e. The van der Waals surface area contributed by atoms with Crippen LogP contribution in [0.1, 0.15) is 38.8 Å². The van der Waals surface area contributed by atoms with Gasteiger partial charge in [-0.1, -0.05) is 42.0 Å². The molecule has 1 amide bonds. The quantitative estimate of drug-likeness (QED) is 0.332. The van der Waals surface area contributed by atoms with Crippen molar-refractivity contribution in [2.75, 3.05) is 11.9 Å². The van der Waals surface area contributed by atoms with Gasteiger partial charge in [-0.25, -0.2) is 4.79 Å². The predicted molar refractivity (Wildman–Crippen MR) is 118 cm³/mol. The van der Waals surface area contributed by atoms with Gasteiger partial charge in [0.1, 0.15) is 5.56 Å². The zero-order valence-corrected chi connectivity index (χ0v) is 17.5. The third kappa shape index (κ3) is 4.78. The van der Waals surface area contributed by atoms with E-state index in [1.54, 1.807) is 19.1 Å². The Kier molecular flexibility index (Phi) is 6.45. The molecule has 0 aliphatic rings. The van der Waals surface area contributed by atoms with Gasteiger partial charge in [0.2, 0.25) is 0 Å². The fourth-order valence-corrected chi connectivity index (χ4v) is 3.37. The molecule has 0 aliphatic heterocycles. The van der Waals surface area contributed by atoms with Crippen molar-refractivity contribution in [2.45, 2.75) is 20.8 Å². The number of nitrogens with zero attached hydrogens (tertiary/aromatic N) is 1. The topological polar surface area (TPSA) is 98.5 Å². The molecule has 0 saturated heterocycles. The van der Waals surface area contributed by atoms with E-state index in [-0.39, 0.29) is 17.9 Å². The fraction of sp³-hybridized carbons (Fsp3) is 0.167. The molecule has 0 heterocycles. The van der Waals surface area contributed by atoms with E-state index in [1.807, 2.05) is 44.2 Å². The number of esters is 1. The van der Waals surface area contributed by atoms with Crippen molar-refractivity contribution in [1.82, 2.24) is 0 Å². The standard InChI is InChI=1S/C24H22N2O5/c1-4-31-24(28)21-12-10-17(14-22(21)26(29)30)25-23(27)20-8-6-5-7-19(20)18-11-9-15(2)13-16(18)3/h5-14H,4H2,1-3H3,(H,25,27). The Hall–Kier alpha value is -4.00. The highest BCUT2D eigenvalue weighted by atomic mass is 16.6. The maximum absolute atomic E-state index is 13.0. The largest absolute Gasteiger partial charge is 0.462 e. The molecule has 158 valence electrons. The van der Waals surface area contributed by atoms with Gasteiger partial charge in [0, 0.05) is 17.3 Å². The molecule has 3 aromatic rings. The van der Waals surface area contributed by atoms with Gasteiger partial charge in [-0.15, -0.1) is 0 Å². The van der Waals surface area contributed by atoms with E-state index in [0.29, 0.717) is 5.56 Å². The number of amides is 1. The lowest BCUT2D eigenvalue weighted by Gasteiger charge is -2.13. The monoisotopic (exact) mass is 418 g/mol. The third-order valence-corrected chi connectivity index (χ3v) is 4.79. The van der Waals surface area contributed by atoms with Crippen LogP contribution in [0.4, 0.5) is 11.4 Å². The second kappa shape index (κ2) is 9.21. The molecule has 0 spiro atoms. The number of nitro groups is 1. The molecular formula is C24H22N2O5. The second-order valence-electron chi connectivity index (χ2n) is 7.03. The second-order valence-corrected chi connectivity index (χ2v) is 7.03. The summed E-state index contributed by atoms with van der Waals surface area (Å²) in [6.07, 6.45) is 0. The van der Waals surface area contributed by atoms with Crippen LogP contribution < -0.4 is 5.32 Å². The number of ether oxygens (including phenoxy) is 1. The number of aryl methyl sites for hydroxylation is 2. The van der Waals surface area contributed by atoms with Crippen molar-refractivity contribution in [2.24, 2.45) is 0 Å². The minimum absolute atomic E-state index is 0.101. The molecule has 0 aromatic heterocycles. The zero-order chi connectivity index (χ0) is 22.5. The molecule has 0 saturated carbocycles. The summed E-state index contributed by atoms with van der Waals surface area (Å²) in [7, 11) is 0. The number of hydrogen-bond donors (Lipinski definition) is 1. The molecule has 31 heavy (non-hydrogen) atoms. The number of carbonyl (C=O) groups excluding carboxylic acids is 2. The van der Waals surface area contributed by atoms with Crippen molar-refractivity contribution in [3.05, 3.63) is 93.0 Å². The van der Waals surface area contributed by atoms with Crippen LogP contribution in [0.5, 0.6) is 0 Å². The molecular weight excluding hydrogens is 396 g/mol. The first-order chi connectivity index (χ1) is 14.8. The fourth-order valence-electron chi connectivity index (χ4n) is 3.37. The Morgan fingerprint density at radius 2 is 1.71 bits per heavy atom. The summed E-state index contributed by atoms with van der Waals surface area (Å²) in [5.41, 5.74) is 3.90. The van der Waals surface area contributed by atoms with E-state index in [2.05, 4.69) is 5.32 Å². The van der Waals surface area contributed by atoms with Gasteiger partial charge in [0.05, 0.1) is 11.5 Å². The Morgan fingerprint density at radius 1 is 0.968 bits per heavy atom. The van der Waals surface area contributed by atoms with Crippen LogP contribution in [0.15, 0.2) is 60.7 Å². The van der Waals surface area contributed by atoms with Gasteiger partial charge in [-0.05, 0) is 55.7 Å². The van der Waals surface area contributed by atoms with Crippen molar-refractivity contribution >= 4 is 23.3 Å². The Labute approximate surface area is 179 Å². The summed E-state index contributed by atoms with van der Waals surface area (Å²) in [6.45, 7) is 5.70. The van der Waals surface area contributed by atoms with E-state index in [0.717, 1.165) is 28.3 Å². The first-order valence-electron chi connectivity index (χ1n) is 9.75. The number of anilines is 1. The Morgan fingerprint density at radius 3 is 2.39 bits per heavy atom. The number of hydrogen-bond acceptors (Lipinski definition) is 5. The zero-order valence-electron chi connectivity index (χ0n) is 17.5. The van der Waals surface area contributed by atoms with Gasteiger partial charge in [0.25, 0.3) is 11.6 Å². The average Bonchev–Trinajstić information content (AvgIpc) is 2.74. The smallest absolute Gasteiger partial charge is 0.345 e. The normalized spacial score (nSPS) is 10.4. The van der Waals surface area contributed by atoms with E-state index >= 15 is 0 Å². The van der Waals surface area contributed by atoms with Crippen molar-refractivity contribution in [3.63, 3.8) is 0 Å². The summed E-state index contributed by atoms with van der Waals surface area (Å²) in [5, 5.41) is 14.1. The van der Waals surface area contributed by atoms with Crippen LogP contribution in [-0.2, 0) is 4.74 Å². The molecule has 3 rings (SSSR count). The van der Waals surface area contributed by atoms with Crippen LogP contribution in [-0.4, -0.2) is 23.4 Å². The molecule has 1 N–H and O–H groups in total. The molecule has 0 fully saturated rings. The summed E-state index contributed by atoms with van der Waals surface area (Å²) < 4.78 is 4.86. The molecule has 7 nitrogen and oxygen atoms in total. The van der Waals surface area contributed by atoms with Gasteiger partial charge in [-0.2, -0.15) is 0 Å². The predicted octanol–water partition coefficient (Wildman–Crippen LogP) is 5.31. The van der Waals surface area contributed by atoms with E-state index in [9.17, 15) is 19.7 Å². The van der Waals surface area contributed by atoms with Crippen molar-refractivity contribution in [3.8, 4) is 11.1 Å². The molecule has 0 atom stereocenters. The molecule has 7 heteroatoms. The van der Waals surface area contributed by atoms with E-state index < -0.39 is 22.5 Å². The van der Waals surface area contributed by atoms with E-state index in [4.69, 9.17) is 4.74 Å². The Bertz CT molecular complexity index is 1170. The number of nitro benzene ring substituents is 1. The molecule has 0 unspecified atom stereocenters. The lowest BCUT2D eigenvalue weighted by molar-refractivity contribution is -0.385. The average molecular weight is 418 g/mol. The molecule has 3 aromatic carbocycles. The van der Waals surface area contributed by atoms with Crippen LogP contribution in [0.2, 0.25) is 0 Å². The number of carbonyl (C=O) groups is 2. The molecule has 0 aliphatic carbocycles. The lowest BCUT2D eigenvalue weighted by Crippen LogP contribution is -2.14. The maximum Gasteiger partial charge on any atom is 0.345 e. The number of rotatable bonds is 6. The van der Waals surface area contributed by atoms with Crippen LogP contribution in [0.3, 0.4) is 0 Å². The van der Waals surface area contributed by atoms with Gasteiger partial charge in [-0.3, -0.25) is 14.9 Å². The SMILES string of the molecule is CCOC(=O)c1ccc(NC(=O)c2ccccc2-c2ccc(C)cc2C)cc1[N+](=O)[O-]. The number of benzene rings is 3. The lowest BCUT2D eigenvalue weighted by atomic mass is 9.94. The van der Waals surface area contributed by atoms with Crippen LogP contribution in [0, 0.1) is 24.0 Å². The number of nitrogens with one attached hydrogen (secondary N) is 1. The molecule has 0 radical (unpaired) electrons. The summed E-state index contributed by atoms with van der Waals surface area (Å²) in [6, 6.07) is 17.0. The van der Waals surface area contributed by atoms with Gasteiger partial charge >= 0.3 is 5.97 Å². The third-order valence-electron chi connectivity index (χ3n) is 4.79. The minimum atomic E-state index is -0.785. The first-order valence-corrected chi connectivity index (χ1v) is 9.75.